The van der Waals surface area contributed by atoms with E-state index in [-0.39, 0.29) is 0 Å². The van der Waals surface area contributed by atoms with Gasteiger partial charge < -0.3 is 4.74 Å². The quantitative estimate of drug-likeness (QED) is 0.364. The van der Waals surface area contributed by atoms with Crippen LogP contribution in [0.25, 0.3) is 0 Å². The summed E-state index contributed by atoms with van der Waals surface area (Å²) in [5.41, 5.74) is 5.95. The van der Waals surface area contributed by atoms with Crippen molar-refractivity contribution in [1.82, 2.24) is 0 Å². The first-order valence-electron chi connectivity index (χ1n) is 10.2. The topological polar surface area (TPSA) is 9.23 Å². The molecule has 0 N–H and O–H groups in total. The molecule has 2 aromatic carbocycles. The Labute approximate surface area is 159 Å². The van der Waals surface area contributed by atoms with Crippen molar-refractivity contribution < 1.29 is 4.74 Å². The van der Waals surface area contributed by atoms with Gasteiger partial charge in [-0.05, 0) is 85.3 Å². The predicted molar refractivity (Wildman–Crippen MR) is 111 cm³/mol. The summed E-state index contributed by atoms with van der Waals surface area (Å²) in [6.45, 7) is 6.79. The van der Waals surface area contributed by atoms with Crippen LogP contribution in [-0.4, -0.2) is 6.61 Å². The van der Waals surface area contributed by atoms with Crippen LogP contribution >= 0.6 is 0 Å². The van der Waals surface area contributed by atoms with Crippen molar-refractivity contribution in [2.24, 2.45) is 0 Å². The minimum Gasteiger partial charge on any atom is -0.494 e. The molecule has 1 aliphatic carbocycles. The first-order valence-corrected chi connectivity index (χ1v) is 10.2. The number of aryl methyl sites for hydroxylation is 2. The summed E-state index contributed by atoms with van der Waals surface area (Å²) in [6, 6.07) is 16.1. The molecule has 1 unspecified atom stereocenters. The maximum Gasteiger partial charge on any atom is 0.119 e. The molecular formula is C25H32O. The summed E-state index contributed by atoms with van der Waals surface area (Å²) in [7, 11) is 0. The molecule has 1 heteroatoms. The first-order chi connectivity index (χ1) is 12.8. The second kappa shape index (κ2) is 9.62. The molecule has 2 aromatic rings. The fraction of sp³-hybridized carbons (Fsp3) is 0.440. The van der Waals surface area contributed by atoms with Crippen LogP contribution in [0.3, 0.4) is 0 Å². The summed E-state index contributed by atoms with van der Waals surface area (Å²) < 4.78 is 5.88. The van der Waals surface area contributed by atoms with Gasteiger partial charge >= 0.3 is 0 Å². The zero-order valence-electron chi connectivity index (χ0n) is 16.2. The van der Waals surface area contributed by atoms with Gasteiger partial charge in [0, 0.05) is 0 Å². The molecule has 0 heterocycles. The van der Waals surface area contributed by atoms with Crippen molar-refractivity contribution in [3.8, 4) is 5.75 Å². The molecule has 3 rings (SSSR count). The second-order valence-electron chi connectivity index (χ2n) is 7.49. The molecule has 0 bridgehead atoms. The highest BCUT2D eigenvalue weighted by molar-refractivity contribution is 5.40. The number of hydrogen-bond acceptors (Lipinski definition) is 1. The summed E-state index contributed by atoms with van der Waals surface area (Å²) in [6.07, 6.45) is 11.3. The Kier molecular flexibility index (Phi) is 6.94. The van der Waals surface area contributed by atoms with Crippen molar-refractivity contribution in [1.29, 1.82) is 0 Å². The zero-order valence-corrected chi connectivity index (χ0v) is 16.2. The molecule has 26 heavy (non-hydrogen) atoms. The van der Waals surface area contributed by atoms with Crippen molar-refractivity contribution in [2.45, 2.75) is 64.2 Å². The summed E-state index contributed by atoms with van der Waals surface area (Å²) in [4.78, 5) is 0. The van der Waals surface area contributed by atoms with E-state index in [1.54, 1.807) is 0 Å². The Morgan fingerprint density at radius 3 is 2.69 bits per heavy atom. The van der Waals surface area contributed by atoms with Gasteiger partial charge in [-0.15, -0.1) is 6.58 Å². The Morgan fingerprint density at radius 2 is 1.92 bits per heavy atom. The monoisotopic (exact) mass is 348 g/mol. The third kappa shape index (κ3) is 5.00. The van der Waals surface area contributed by atoms with E-state index in [1.165, 1.54) is 47.9 Å². The van der Waals surface area contributed by atoms with Crippen LogP contribution in [0.1, 0.15) is 67.2 Å². The molecule has 0 aromatic heterocycles. The van der Waals surface area contributed by atoms with Crippen molar-refractivity contribution >= 4 is 0 Å². The Hall–Kier alpha value is -2.02. The lowest BCUT2D eigenvalue weighted by Gasteiger charge is -2.25. The number of benzene rings is 2. The third-order valence-electron chi connectivity index (χ3n) is 5.50. The van der Waals surface area contributed by atoms with Gasteiger partial charge in [-0.3, -0.25) is 0 Å². The average molecular weight is 349 g/mol. The molecule has 0 radical (unpaired) electrons. The minimum atomic E-state index is 0.655. The van der Waals surface area contributed by atoms with E-state index in [2.05, 4.69) is 56.0 Å². The molecular weight excluding hydrogens is 316 g/mol. The number of hydrogen-bond donors (Lipinski definition) is 0. The fourth-order valence-electron chi connectivity index (χ4n) is 3.86. The smallest absolute Gasteiger partial charge is 0.119 e. The highest BCUT2D eigenvalue weighted by Crippen LogP contribution is 2.34. The van der Waals surface area contributed by atoms with Gasteiger partial charge in [0.2, 0.25) is 0 Å². The van der Waals surface area contributed by atoms with Crippen LogP contribution in [0.5, 0.6) is 5.75 Å². The summed E-state index contributed by atoms with van der Waals surface area (Å²) in [5.74, 6) is 1.67. The average Bonchev–Trinajstić information content (AvgIpc) is 2.69. The lowest BCUT2D eigenvalue weighted by atomic mass is 9.80. The maximum absolute atomic E-state index is 5.88. The van der Waals surface area contributed by atoms with Gasteiger partial charge in [0.1, 0.15) is 5.75 Å². The second-order valence-corrected chi connectivity index (χ2v) is 7.49. The number of allylic oxidation sites excluding steroid dienone is 1. The molecule has 0 fully saturated rings. The zero-order chi connectivity index (χ0) is 18.2. The largest absolute Gasteiger partial charge is 0.494 e. The molecule has 1 aliphatic rings. The van der Waals surface area contributed by atoms with E-state index >= 15 is 0 Å². The van der Waals surface area contributed by atoms with Crippen LogP contribution in [0.4, 0.5) is 0 Å². The van der Waals surface area contributed by atoms with Crippen LogP contribution < -0.4 is 4.74 Å². The standard InChI is InChI=1S/C25H32O/c1-3-5-7-17-26-25-16-15-23-18-22(13-14-24(23)19-25)21-11-9-20(10-12-21)8-6-4-2/h3,9-12,15-16,19,22H,1,4-8,13-14,17-18H2,2H3. The fourth-order valence-corrected chi connectivity index (χ4v) is 3.86. The van der Waals surface area contributed by atoms with Crippen LogP contribution in [0, 0.1) is 0 Å². The molecule has 1 atom stereocenters. The molecule has 0 amide bonds. The lowest BCUT2D eigenvalue weighted by Crippen LogP contribution is -2.13. The van der Waals surface area contributed by atoms with Crippen LogP contribution in [-0.2, 0) is 19.3 Å². The van der Waals surface area contributed by atoms with Crippen molar-refractivity contribution in [3.63, 3.8) is 0 Å². The molecule has 0 saturated heterocycles. The van der Waals surface area contributed by atoms with Gasteiger partial charge in [0.15, 0.2) is 0 Å². The van der Waals surface area contributed by atoms with Crippen molar-refractivity contribution in [2.75, 3.05) is 6.61 Å². The summed E-state index contributed by atoms with van der Waals surface area (Å²) in [5, 5.41) is 0. The predicted octanol–water partition coefficient (Wildman–Crippen LogP) is 6.65. The number of unbranched alkanes of at least 4 members (excludes halogenated alkanes) is 2. The number of rotatable bonds is 9. The normalized spacial score (nSPS) is 16.1. The Bertz CT molecular complexity index is 699. The molecule has 0 saturated carbocycles. The SMILES string of the molecule is C=CCCCOc1ccc2c(c1)CCC(c1ccc(CCCC)cc1)C2. The van der Waals surface area contributed by atoms with Gasteiger partial charge in [-0.25, -0.2) is 0 Å². The van der Waals surface area contributed by atoms with Crippen LogP contribution in [0.2, 0.25) is 0 Å². The van der Waals surface area contributed by atoms with Gasteiger partial charge in [-0.1, -0.05) is 49.8 Å². The van der Waals surface area contributed by atoms with Gasteiger partial charge in [0.05, 0.1) is 6.61 Å². The Morgan fingerprint density at radius 1 is 1.08 bits per heavy atom. The molecule has 138 valence electrons. The van der Waals surface area contributed by atoms with E-state index in [9.17, 15) is 0 Å². The van der Waals surface area contributed by atoms with E-state index in [1.807, 2.05) is 6.08 Å². The molecule has 0 spiro atoms. The first kappa shape index (κ1) is 18.8. The van der Waals surface area contributed by atoms with E-state index < -0.39 is 0 Å². The third-order valence-corrected chi connectivity index (χ3v) is 5.50. The van der Waals surface area contributed by atoms with E-state index in [0.29, 0.717) is 5.92 Å². The summed E-state index contributed by atoms with van der Waals surface area (Å²) >= 11 is 0. The minimum absolute atomic E-state index is 0.655. The van der Waals surface area contributed by atoms with E-state index in [4.69, 9.17) is 4.74 Å². The number of ether oxygens (including phenoxy) is 1. The van der Waals surface area contributed by atoms with Gasteiger partial charge in [0.25, 0.3) is 0 Å². The van der Waals surface area contributed by atoms with Crippen molar-refractivity contribution in [3.05, 3.63) is 77.4 Å². The maximum atomic E-state index is 5.88. The molecule has 0 aliphatic heterocycles. The highest BCUT2D eigenvalue weighted by Gasteiger charge is 2.20. The molecule has 1 nitrogen and oxygen atoms in total. The van der Waals surface area contributed by atoms with Gasteiger partial charge in [-0.2, -0.15) is 0 Å². The number of fused-ring (bicyclic) bond motifs is 1. The Balaban J connectivity index is 1.59. The van der Waals surface area contributed by atoms with E-state index in [0.717, 1.165) is 38.0 Å². The lowest BCUT2D eigenvalue weighted by molar-refractivity contribution is 0.311. The highest BCUT2D eigenvalue weighted by atomic mass is 16.5. The van der Waals surface area contributed by atoms with Crippen LogP contribution in [0.15, 0.2) is 55.1 Å².